The number of nitrogens with one attached hydrogen (secondary N) is 2. The highest BCUT2D eigenvalue weighted by molar-refractivity contribution is 6.00. The van der Waals surface area contributed by atoms with Crippen LogP contribution in [0.4, 0.5) is 27.6 Å². The van der Waals surface area contributed by atoms with Crippen molar-refractivity contribution < 1.29 is 46.1 Å². The van der Waals surface area contributed by atoms with E-state index in [4.69, 9.17) is 4.74 Å². The molecule has 1 aliphatic rings. The van der Waals surface area contributed by atoms with Crippen molar-refractivity contribution in [3.8, 4) is 11.5 Å². The van der Waals surface area contributed by atoms with Crippen molar-refractivity contribution >= 4 is 17.6 Å². The molecule has 0 saturated heterocycles. The molecule has 1 aromatic heterocycles. The Morgan fingerprint density at radius 2 is 1.89 bits per heavy atom. The third kappa shape index (κ3) is 4.97. The summed E-state index contributed by atoms with van der Waals surface area (Å²) >= 11 is 0. The van der Waals surface area contributed by atoms with Crippen molar-refractivity contribution in [2.75, 3.05) is 19.0 Å². The van der Waals surface area contributed by atoms with Crippen LogP contribution >= 0.6 is 0 Å². The van der Waals surface area contributed by atoms with Crippen molar-refractivity contribution in [2.45, 2.75) is 18.3 Å². The van der Waals surface area contributed by atoms with Gasteiger partial charge in [-0.3, -0.25) is 9.78 Å². The first-order chi connectivity index (χ1) is 17.4. The smallest absolute Gasteiger partial charge is 0.491 e. The lowest BCUT2D eigenvalue weighted by Gasteiger charge is -2.39. The third-order valence-electron chi connectivity index (χ3n) is 5.72. The zero-order valence-corrected chi connectivity index (χ0v) is 19.0. The number of benzene rings is 2. The van der Waals surface area contributed by atoms with Crippen LogP contribution in [0.5, 0.6) is 11.5 Å². The summed E-state index contributed by atoms with van der Waals surface area (Å²) in [6.45, 7) is 0.00940. The number of aromatic carboxylic acids is 1. The van der Waals surface area contributed by atoms with Gasteiger partial charge in [-0.15, -0.1) is 13.2 Å². The maximum Gasteiger partial charge on any atom is 0.573 e. The van der Waals surface area contributed by atoms with E-state index in [2.05, 4.69) is 20.4 Å². The Labute approximate surface area is 206 Å². The molecule has 2 aromatic carbocycles. The minimum Gasteiger partial charge on any atom is -0.491 e. The van der Waals surface area contributed by atoms with Gasteiger partial charge in [-0.2, -0.15) is 0 Å². The van der Waals surface area contributed by atoms with Crippen LogP contribution < -0.4 is 20.1 Å². The Morgan fingerprint density at radius 1 is 1.14 bits per heavy atom. The van der Waals surface area contributed by atoms with Gasteiger partial charge in [-0.1, -0.05) is 6.07 Å². The van der Waals surface area contributed by atoms with Gasteiger partial charge in [0, 0.05) is 25.2 Å². The highest BCUT2D eigenvalue weighted by atomic mass is 19.4. The summed E-state index contributed by atoms with van der Waals surface area (Å²) < 4.78 is 76.5. The number of pyridine rings is 1. The number of nitrogens with zero attached hydrogens (tertiary/aromatic N) is 1. The maximum atomic E-state index is 14.7. The van der Waals surface area contributed by atoms with E-state index in [1.165, 1.54) is 13.2 Å². The minimum atomic E-state index is -5.13. The normalized spacial score (nSPS) is 16.8. The van der Waals surface area contributed by atoms with E-state index in [-0.39, 0.29) is 41.3 Å². The molecule has 0 spiro atoms. The van der Waals surface area contributed by atoms with E-state index >= 15 is 0 Å². The number of alkyl halides is 3. The number of fused-ring (bicyclic) bond motifs is 1. The monoisotopic (exact) mass is 523 g/mol. The van der Waals surface area contributed by atoms with Crippen LogP contribution in [0.25, 0.3) is 0 Å². The Balaban J connectivity index is 1.82. The van der Waals surface area contributed by atoms with E-state index in [9.17, 15) is 36.6 Å². The van der Waals surface area contributed by atoms with Crippen LogP contribution in [0.3, 0.4) is 0 Å². The third-order valence-corrected chi connectivity index (χ3v) is 5.72. The minimum absolute atomic E-state index is 0.00940. The molecule has 1 aliphatic heterocycles. The number of carboxylic acid groups (broad SMARTS) is 1. The van der Waals surface area contributed by atoms with Gasteiger partial charge >= 0.3 is 12.3 Å². The van der Waals surface area contributed by atoms with Crippen LogP contribution in [0, 0.1) is 11.6 Å². The number of amides is 1. The Morgan fingerprint density at radius 3 is 2.54 bits per heavy atom. The molecule has 37 heavy (non-hydrogen) atoms. The van der Waals surface area contributed by atoms with E-state index in [0.717, 1.165) is 30.3 Å². The number of hydrogen-bond donors (Lipinski definition) is 3. The number of hydrogen-bond acceptors (Lipinski definition) is 6. The average Bonchev–Trinajstić information content (AvgIpc) is 2.83. The molecule has 1 atom stereocenters. The molecule has 0 saturated carbocycles. The molecular weight excluding hydrogens is 505 g/mol. The summed E-state index contributed by atoms with van der Waals surface area (Å²) in [7, 11) is 1.34. The molecule has 0 radical (unpaired) electrons. The molecule has 0 fully saturated rings. The zero-order valence-electron chi connectivity index (χ0n) is 19.0. The Bertz CT molecular complexity index is 1380. The quantitative estimate of drug-likeness (QED) is 0.410. The Kier molecular flexibility index (Phi) is 6.63. The largest absolute Gasteiger partial charge is 0.573 e. The first kappa shape index (κ1) is 25.7. The second-order valence-corrected chi connectivity index (χ2v) is 7.94. The van der Waals surface area contributed by atoms with Gasteiger partial charge in [-0.05, 0) is 42.0 Å². The van der Waals surface area contributed by atoms with Gasteiger partial charge < -0.3 is 25.2 Å². The summed E-state index contributed by atoms with van der Waals surface area (Å²) in [6.07, 6.45) is -3.76. The lowest BCUT2D eigenvalue weighted by molar-refractivity contribution is -0.275. The molecule has 0 bridgehead atoms. The standard InChI is InChI=1S/C24H18F5N3O5/c1-30-16-10-12(9-15(26)19(16)22(34)35)21(33)32-23(6-8-36-18-3-2-7-31-20(18)23)13-4-5-17(14(25)11-13)37-24(27,28)29/h2-5,7,9-11,30H,6,8H2,1H3,(H,32,33)(H,34,35)/t23-/m0/s1. The van der Waals surface area contributed by atoms with Crippen molar-refractivity contribution in [3.05, 3.63) is 82.7 Å². The summed E-state index contributed by atoms with van der Waals surface area (Å²) in [6, 6.07) is 7.63. The van der Waals surface area contributed by atoms with Gasteiger partial charge in [0.05, 0.1) is 12.3 Å². The van der Waals surface area contributed by atoms with E-state index in [1.54, 1.807) is 12.1 Å². The van der Waals surface area contributed by atoms with E-state index in [0.29, 0.717) is 0 Å². The molecule has 2 heterocycles. The molecule has 0 unspecified atom stereocenters. The SMILES string of the molecule is CNc1cc(C(=O)N[C@]2(c3ccc(OC(F)(F)F)c(F)c3)CCOc3cccnc32)cc(F)c1C(=O)O. The number of ether oxygens (including phenoxy) is 2. The second kappa shape index (κ2) is 9.56. The lowest BCUT2D eigenvalue weighted by Crippen LogP contribution is -2.50. The number of halogens is 5. The van der Waals surface area contributed by atoms with Crippen molar-refractivity contribution in [2.24, 2.45) is 0 Å². The summed E-state index contributed by atoms with van der Waals surface area (Å²) in [4.78, 5) is 29.0. The van der Waals surface area contributed by atoms with Crippen LogP contribution in [0.2, 0.25) is 0 Å². The van der Waals surface area contributed by atoms with Crippen molar-refractivity contribution in [1.29, 1.82) is 0 Å². The summed E-state index contributed by atoms with van der Waals surface area (Å²) in [5.74, 6) is -5.80. The van der Waals surface area contributed by atoms with Gasteiger partial charge in [0.15, 0.2) is 11.6 Å². The molecule has 3 aromatic rings. The number of anilines is 1. The van der Waals surface area contributed by atoms with Crippen LogP contribution in [0.1, 0.15) is 38.4 Å². The van der Waals surface area contributed by atoms with Gasteiger partial charge in [0.2, 0.25) is 0 Å². The lowest BCUT2D eigenvalue weighted by atomic mass is 9.81. The van der Waals surface area contributed by atoms with Crippen molar-refractivity contribution in [3.63, 3.8) is 0 Å². The molecule has 4 rings (SSSR count). The van der Waals surface area contributed by atoms with E-state index < -0.39 is 46.7 Å². The van der Waals surface area contributed by atoms with Gasteiger partial charge in [0.1, 0.15) is 28.4 Å². The number of carboxylic acids is 1. The summed E-state index contributed by atoms with van der Waals surface area (Å²) in [5.41, 5.74) is -2.56. The highest BCUT2D eigenvalue weighted by Gasteiger charge is 2.43. The number of rotatable bonds is 6. The first-order valence-electron chi connectivity index (χ1n) is 10.7. The fourth-order valence-corrected chi connectivity index (χ4v) is 4.13. The maximum absolute atomic E-state index is 14.7. The molecule has 1 amide bonds. The second-order valence-electron chi connectivity index (χ2n) is 7.94. The van der Waals surface area contributed by atoms with Crippen molar-refractivity contribution in [1.82, 2.24) is 10.3 Å². The number of carbonyl (C=O) groups is 2. The Hall–Kier alpha value is -4.42. The fourth-order valence-electron chi connectivity index (χ4n) is 4.13. The van der Waals surface area contributed by atoms with Crippen LogP contribution in [0.15, 0.2) is 48.7 Å². The molecule has 8 nitrogen and oxygen atoms in total. The zero-order chi connectivity index (χ0) is 27.0. The fraction of sp³-hybridized carbons (Fsp3) is 0.208. The van der Waals surface area contributed by atoms with Gasteiger partial charge in [0.25, 0.3) is 5.91 Å². The summed E-state index contributed by atoms with van der Waals surface area (Å²) in [5, 5.41) is 14.5. The predicted molar refractivity (Wildman–Crippen MR) is 119 cm³/mol. The van der Waals surface area contributed by atoms with Gasteiger partial charge in [-0.25, -0.2) is 13.6 Å². The number of aromatic nitrogens is 1. The van der Waals surface area contributed by atoms with Crippen LogP contribution in [-0.4, -0.2) is 42.0 Å². The highest BCUT2D eigenvalue weighted by Crippen LogP contribution is 2.42. The molecular formula is C24H18F5N3O5. The first-order valence-corrected chi connectivity index (χ1v) is 10.7. The predicted octanol–water partition coefficient (Wildman–Crippen LogP) is 4.45. The molecule has 3 N–H and O–H groups in total. The topological polar surface area (TPSA) is 110 Å². The van der Waals surface area contributed by atoms with Crippen LogP contribution in [-0.2, 0) is 5.54 Å². The van der Waals surface area contributed by atoms with E-state index in [1.807, 2.05) is 0 Å². The molecule has 0 aliphatic carbocycles. The molecule has 13 heteroatoms. The average molecular weight is 523 g/mol. The molecule has 194 valence electrons. The number of carbonyl (C=O) groups excluding carboxylic acids is 1.